The molecule has 0 bridgehead atoms. The minimum Gasteiger partial charge on any atom is -0.367 e. The molecule has 12 heteroatoms. The first-order valence-corrected chi connectivity index (χ1v) is 27.3. The Balaban J connectivity index is 0.878. The normalized spacial score (nSPS) is 25.8. The first kappa shape index (κ1) is 46.3. The van der Waals surface area contributed by atoms with Gasteiger partial charge in [0.15, 0.2) is 11.6 Å². The lowest BCUT2D eigenvalue weighted by atomic mass is 9.81. The van der Waals surface area contributed by atoms with Crippen LogP contribution < -0.4 is 9.80 Å². The molecule has 12 rings (SSSR count). The van der Waals surface area contributed by atoms with E-state index in [0.717, 1.165) is 129 Å². The van der Waals surface area contributed by atoms with Crippen molar-refractivity contribution in [1.29, 1.82) is 0 Å². The molecule has 10 nitrogen and oxygen atoms in total. The van der Waals surface area contributed by atoms with Crippen LogP contribution >= 0.6 is 0 Å². The van der Waals surface area contributed by atoms with Crippen LogP contribution in [-0.2, 0) is 15.1 Å². The number of anilines is 2. The van der Waals surface area contributed by atoms with E-state index in [9.17, 15) is 9.59 Å². The SMILES string of the molecule is CC1C[C@H](c2ccc3nc(C4CCCN4C(=O)CC4CCCC4)[nH]c3c2)N(c2cc(F)c(N3CCC(c4ccccc4)CC3)c(F)c2)[C@]1(C)c1ccc2nc(C3CCCN3C(=O)CC3CCCC3)[nH]c2c1. The van der Waals surface area contributed by atoms with E-state index in [2.05, 4.69) is 99.2 Å². The van der Waals surface area contributed by atoms with Gasteiger partial charge in [-0.1, -0.05) is 75.1 Å². The van der Waals surface area contributed by atoms with Gasteiger partial charge >= 0.3 is 0 Å². The maximum atomic E-state index is 17.0. The third kappa shape index (κ3) is 8.58. The van der Waals surface area contributed by atoms with Gasteiger partial charge in [-0.25, -0.2) is 18.7 Å². The predicted molar refractivity (Wildman–Crippen MR) is 276 cm³/mol. The second-order valence-corrected chi connectivity index (χ2v) is 22.6. The zero-order chi connectivity index (χ0) is 48.4. The molecule has 71 heavy (non-hydrogen) atoms. The molecule has 2 aliphatic carbocycles. The number of amides is 2. The van der Waals surface area contributed by atoms with Gasteiger partial charge in [0.1, 0.15) is 17.3 Å². The second kappa shape index (κ2) is 19.0. The molecule has 4 aliphatic heterocycles. The number of fused-ring (bicyclic) bond motifs is 2. The molecule has 4 aromatic carbocycles. The number of aromatic amines is 2. The van der Waals surface area contributed by atoms with Crippen molar-refractivity contribution in [2.75, 3.05) is 36.0 Å². The number of piperidine rings is 1. The lowest BCUT2D eigenvalue weighted by Crippen LogP contribution is -2.43. The van der Waals surface area contributed by atoms with Crippen LogP contribution in [0.5, 0.6) is 0 Å². The van der Waals surface area contributed by atoms with Crippen LogP contribution in [0, 0.1) is 29.4 Å². The van der Waals surface area contributed by atoms with Crippen molar-refractivity contribution in [1.82, 2.24) is 29.7 Å². The third-order valence-corrected chi connectivity index (χ3v) is 18.4. The fourth-order valence-corrected chi connectivity index (χ4v) is 14.3. The summed E-state index contributed by atoms with van der Waals surface area (Å²) >= 11 is 0. The maximum Gasteiger partial charge on any atom is 0.223 e. The van der Waals surface area contributed by atoms with Crippen molar-refractivity contribution < 1.29 is 18.4 Å². The molecule has 3 unspecified atom stereocenters. The van der Waals surface area contributed by atoms with Gasteiger partial charge in [0.2, 0.25) is 11.8 Å². The van der Waals surface area contributed by atoms with Gasteiger partial charge in [-0.2, -0.15) is 0 Å². The van der Waals surface area contributed by atoms with Gasteiger partial charge < -0.3 is 29.6 Å². The Morgan fingerprint density at radius 1 is 0.620 bits per heavy atom. The Morgan fingerprint density at radius 2 is 1.17 bits per heavy atom. The number of carbonyl (C=O) groups excluding carboxylic acids is 2. The van der Waals surface area contributed by atoms with Crippen LogP contribution in [0.2, 0.25) is 0 Å². The van der Waals surface area contributed by atoms with Crippen LogP contribution in [0.1, 0.15) is 175 Å². The molecule has 6 heterocycles. The molecule has 2 amide bonds. The van der Waals surface area contributed by atoms with Gasteiger partial charge in [-0.05, 0) is 154 Å². The molecular weight excluding hydrogens is 891 g/mol. The number of nitrogens with zero attached hydrogens (tertiary/aromatic N) is 6. The molecule has 372 valence electrons. The van der Waals surface area contributed by atoms with Gasteiger partial charge in [-0.15, -0.1) is 0 Å². The fourth-order valence-electron chi connectivity index (χ4n) is 14.3. The Bertz CT molecular complexity index is 2890. The van der Waals surface area contributed by atoms with Crippen molar-refractivity contribution >= 4 is 45.3 Å². The van der Waals surface area contributed by atoms with Crippen LogP contribution in [0.15, 0.2) is 78.9 Å². The number of hydrogen-bond acceptors (Lipinski definition) is 6. The van der Waals surface area contributed by atoms with Gasteiger partial charge in [0.05, 0.1) is 45.7 Å². The minimum atomic E-state index is -0.701. The molecule has 2 saturated carbocycles. The smallest absolute Gasteiger partial charge is 0.223 e. The number of benzene rings is 4. The molecule has 6 aliphatic rings. The molecule has 4 saturated heterocycles. The maximum absolute atomic E-state index is 17.0. The van der Waals surface area contributed by atoms with Gasteiger partial charge in [-0.3, -0.25) is 9.59 Å². The number of imidazole rings is 2. The highest BCUT2D eigenvalue weighted by atomic mass is 19.1. The molecule has 0 spiro atoms. The topological polar surface area (TPSA) is 104 Å². The van der Waals surface area contributed by atoms with E-state index >= 15 is 8.78 Å². The van der Waals surface area contributed by atoms with E-state index in [4.69, 9.17) is 9.97 Å². The van der Waals surface area contributed by atoms with E-state index < -0.39 is 17.2 Å². The number of rotatable bonds is 11. The molecule has 6 fully saturated rings. The van der Waals surface area contributed by atoms with Crippen LogP contribution in [0.25, 0.3) is 22.1 Å². The Kier molecular flexibility index (Phi) is 12.4. The van der Waals surface area contributed by atoms with Crippen molar-refractivity contribution in [2.24, 2.45) is 17.8 Å². The van der Waals surface area contributed by atoms with Crippen molar-refractivity contribution in [3.63, 3.8) is 0 Å². The standard InChI is InChI=1S/C59H70F2N8O2/c1-37-30-53(42-20-22-47-49(33-42)64-57(62-47)51-18-10-26-67(51)54(70)31-38-12-6-7-13-38)69(44-35-45(60)56(46(61)36-44)66-28-24-41(25-29-66)40-16-4-3-5-17-40)59(37,2)43-21-23-48-50(34-43)65-58(63-48)52-19-11-27-68(52)55(71)32-39-14-8-9-15-39/h3-5,16-17,20-23,33-39,41,51-53H,6-15,18-19,24-32H2,1-2H3,(H,62,64)(H,63,65)/t37?,51?,52?,53-,59+/m1/s1. The fraction of sp³-hybridized carbons (Fsp3) is 0.525. The average molecular weight is 961 g/mol. The number of hydrogen-bond donors (Lipinski definition) is 2. The summed E-state index contributed by atoms with van der Waals surface area (Å²) in [6.45, 7) is 7.14. The molecule has 0 radical (unpaired) electrons. The summed E-state index contributed by atoms with van der Waals surface area (Å²) in [6.07, 6.45) is 16.8. The third-order valence-electron chi connectivity index (χ3n) is 18.4. The van der Waals surface area contributed by atoms with E-state index in [-0.39, 0.29) is 41.5 Å². The highest BCUT2D eigenvalue weighted by Crippen LogP contribution is 2.55. The number of nitrogens with one attached hydrogen (secondary N) is 2. The van der Waals surface area contributed by atoms with E-state index in [0.29, 0.717) is 49.4 Å². The second-order valence-electron chi connectivity index (χ2n) is 22.6. The molecular formula is C59H70F2N8O2. The summed E-state index contributed by atoms with van der Waals surface area (Å²) in [4.78, 5) is 53.2. The van der Waals surface area contributed by atoms with E-state index in [1.165, 1.54) is 31.2 Å². The van der Waals surface area contributed by atoms with Crippen molar-refractivity contribution in [2.45, 2.75) is 153 Å². The minimum absolute atomic E-state index is 0.0499. The first-order valence-electron chi connectivity index (χ1n) is 27.3. The number of H-pyrrole nitrogens is 2. The lowest BCUT2D eigenvalue weighted by Gasteiger charge is -2.43. The predicted octanol–water partition coefficient (Wildman–Crippen LogP) is 13.1. The Morgan fingerprint density at radius 3 is 1.75 bits per heavy atom. The number of carbonyl (C=O) groups is 2. The van der Waals surface area contributed by atoms with Crippen LogP contribution in [-0.4, -0.2) is 67.7 Å². The van der Waals surface area contributed by atoms with Crippen molar-refractivity contribution in [3.05, 3.63) is 119 Å². The Hall–Kier alpha value is -5.78. The molecule has 5 atom stereocenters. The van der Waals surface area contributed by atoms with E-state index in [1.807, 2.05) is 11.0 Å². The molecule has 2 aromatic heterocycles. The van der Waals surface area contributed by atoms with Crippen molar-refractivity contribution in [3.8, 4) is 0 Å². The number of likely N-dealkylation sites (tertiary alicyclic amines) is 2. The largest absolute Gasteiger partial charge is 0.367 e. The Labute approximate surface area is 417 Å². The first-order chi connectivity index (χ1) is 34.6. The van der Waals surface area contributed by atoms with Gasteiger partial charge in [0, 0.05) is 44.7 Å². The highest BCUT2D eigenvalue weighted by Gasteiger charge is 2.51. The summed E-state index contributed by atoms with van der Waals surface area (Å²) in [5.41, 5.74) is 6.67. The van der Waals surface area contributed by atoms with E-state index in [1.54, 1.807) is 12.1 Å². The monoisotopic (exact) mass is 961 g/mol. The zero-order valence-electron chi connectivity index (χ0n) is 41.7. The average Bonchev–Trinajstić information content (AvgIpc) is 4.24. The summed E-state index contributed by atoms with van der Waals surface area (Å²) in [7, 11) is 0. The highest BCUT2D eigenvalue weighted by molar-refractivity contribution is 5.81. The zero-order valence-corrected chi connectivity index (χ0v) is 41.7. The number of halogens is 2. The lowest BCUT2D eigenvalue weighted by molar-refractivity contribution is -0.134. The molecule has 6 aromatic rings. The van der Waals surface area contributed by atoms with Crippen LogP contribution in [0.4, 0.5) is 20.2 Å². The summed E-state index contributed by atoms with van der Waals surface area (Å²) in [6, 6.07) is 26.0. The van der Waals surface area contributed by atoms with Crippen LogP contribution in [0.3, 0.4) is 0 Å². The summed E-state index contributed by atoms with van der Waals surface area (Å²) < 4.78 is 34.0. The molecule has 2 N–H and O–H groups in total. The summed E-state index contributed by atoms with van der Waals surface area (Å²) in [5.74, 6) is 2.44. The quantitative estimate of drug-likeness (QED) is 0.134. The number of aromatic nitrogens is 4. The summed E-state index contributed by atoms with van der Waals surface area (Å²) in [5, 5.41) is 0. The van der Waals surface area contributed by atoms with Gasteiger partial charge in [0.25, 0.3) is 0 Å².